The quantitative estimate of drug-likeness (QED) is 0.786. The molecule has 2 aromatic carbocycles. The van der Waals surface area contributed by atoms with Crippen molar-refractivity contribution >= 4 is 17.1 Å². The molecular weight excluding hydrogens is 239 g/mol. The monoisotopic (exact) mass is 256 g/mol. The SMILES string of the molecule is Cc1ccc2c(c1)CCCN2c1cccc(F)c1N. The first kappa shape index (κ1) is 12.0. The minimum absolute atomic E-state index is 0.232. The Labute approximate surface area is 112 Å². The van der Waals surface area contributed by atoms with E-state index >= 15 is 0 Å². The van der Waals surface area contributed by atoms with Crippen LogP contribution < -0.4 is 10.6 Å². The fraction of sp³-hybridized carbons (Fsp3) is 0.250. The van der Waals surface area contributed by atoms with Gasteiger partial charge in [0.05, 0.1) is 11.4 Å². The summed E-state index contributed by atoms with van der Waals surface area (Å²) in [5.41, 5.74) is 10.6. The molecule has 98 valence electrons. The van der Waals surface area contributed by atoms with Crippen molar-refractivity contribution in [2.24, 2.45) is 0 Å². The molecule has 1 aliphatic rings. The molecule has 0 aromatic heterocycles. The third kappa shape index (κ3) is 2.05. The number of anilines is 3. The summed E-state index contributed by atoms with van der Waals surface area (Å²) in [5, 5.41) is 0. The van der Waals surface area contributed by atoms with E-state index in [1.54, 1.807) is 6.07 Å². The molecule has 1 aliphatic heterocycles. The first-order valence-electron chi connectivity index (χ1n) is 6.58. The summed E-state index contributed by atoms with van der Waals surface area (Å²) < 4.78 is 13.6. The Morgan fingerprint density at radius 3 is 2.84 bits per heavy atom. The minimum atomic E-state index is -0.350. The lowest BCUT2D eigenvalue weighted by Crippen LogP contribution is -2.25. The number of rotatable bonds is 1. The van der Waals surface area contributed by atoms with Gasteiger partial charge in [-0.3, -0.25) is 0 Å². The van der Waals surface area contributed by atoms with Crippen molar-refractivity contribution < 1.29 is 4.39 Å². The van der Waals surface area contributed by atoms with Gasteiger partial charge in [0, 0.05) is 12.2 Å². The molecule has 0 radical (unpaired) electrons. The molecule has 0 fully saturated rings. The number of hydrogen-bond donors (Lipinski definition) is 1. The molecule has 0 aliphatic carbocycles. The van der Waals surface area contributed by atoms with Crippen LogP contribution in [-0.2, 0) is 6.42 Å². The lowest BCUT2D eigenvalue weighted by Gasteiger charge is -2.32. The predicted molar refractivity (Wildman–Crippen MR) is 77.3 cm³/mol. The third-order valence-electron chi connectivity index (χ3n) is 3.67. The Balaban J connectivity index is 2.11. The van der Waals surface area contributed by atoms with Crippen LogP contribution in [0.25, 0.3) is 0 Å². The van der Waals surface area contributed by atoms with Crippen molar-refractivity contribution in [3.05, 3.63) is 53.3 Å². The van der Waals surface area contributed by atoms with Crippen LogP contribution in [0.3, 0.4) is 0 Å². The largest absolute Gasteiger partial charge is 0.395 e. The number of halogens is 1. The highest BCUT2D eigenvalue weighted by Crippen LogP contribution is 2.37. The van der Waals surface area contributed by atoms with Crippen LogP contribution >= 0.6 is 0 Å². The second-order valence-electron chi connectivity index (χ2n) is 5.06. The topological polar surface area (TPSA) is 29.3 Å². The van der Waals surface area contributed by atoms with Crippen LogP contribution in [0.5, 0.6) is 0 Å². The molecule has 19 heavy (non-hydrogen) atoms. The van der Waals surface area contributed by atoms with Gasteiger partial charge in [-0.2, -0.15) is 0 Å². The van der Waals surface area contributed by atoms with Crippen LogP contribution in [0.1, 0.15) is 17.5 Å². The van der Waals surface area contributed by atoms with Crippen molar-refractivity contribution in [2.45, 2.75) is 19.8 Å². The zero-order chi connectivity index (χ0) is 13.4. The van der Waals surface area contributed by atoms with Gasteiger partial charge < -0.3 is 10.6 Å². The Morgan fingerprint density at radius 1 is 1.16 bits per heavy atom. The summed E-state index contributed by atoms with van der Waals surface area (Å²) in [7, 11) is 0. The lowest BCUT2D eigenvalue weighted by molar-refractivity contribution is 0.631. The number of nitrogens with zero attached hydrogens (tertiary/aromatic N) is 1. The molecule has 0 saturated carbocycles. The highest BCUT2D eigenvalue weighted by atomic mass is 19.1. The number of fused-ring (bicyclic) bond motifs is 1. The van der Waals surface area contributed by atoms with Gasteiger partial charge in [-0.25, -0.2) is 4.39 Å². The van der Waals surface area contributed by atoms with E-state index in [-0.39, 0.29) is 11.5 Å². The van der Waals surface area contributed by atoms with Crippen molar-refractivity contribution in [3.63, 3.8) is 0 Å². The number of hydrogen-bond acceptors (Lipinski definition) is 2. The number of benzene rings is 2. The van der Waals surface area contributed by atoms with Crippen LogP contribution in [0.2, 0.25) is 0 Å². The standard InChI is InChI=1S/C16H17FN2/c1-11-7-8-14-12(10-11)4-3-9-19(14)15-6-2-5-13(17)16(15)18/h2,5-8,10H,3-4,9,18H2,1H3. The molecule has 0 saturated heterocycles. The average Bonchev–Trinajstić information content (AvgIpc) is 2.41. The Morgan fingerprint density at radius 2 is 2.00 bits per heavy atom. The summed E-state index contributed by atoms with van der Waals surface area (Å²) in [6, 6.07) is 11.4. The Hall–Kier alpha value is -2.03. The summed E-state index contributed by atoms with van der Waals surface area (Å²) in [5.74, 6) is -0.350. The molecular formula is C16H17FN2. The van der Waals surface area contributed by atoms with Crippen molar-refractivity contribution in [2.75, 3.05) is 17.2 Å². The fourth-order valence-corrected chi connectivity index (χ4v) is 2.74. The zero-order valence-corrected chi connectivity index (χ0v) is 11.0. The van der Waals surface area contributed by atoms with Crippen LogP contribution in [0.4, 0.5) is 21.5 Å². The molecule has 3 heteroatoms. The number of para-hydroxylation sites is 1. The predicted octanol–water partition coefficient (Wildman–Crippen LogP) is 3.80. The van der Waals surface area contributed by atoms with E-state index in [2.05, 4.69) is 30.0 Å². The van der Waals surface area contributed by atoms with Gasteiger partial charge in [-0.05, 0) is 43.5 Å². The molecule has 0 unspecified atom stereocenters. The van der Waals surface area contributed by atoms with E-state index < -0.39 is 0 Å². The summed E-state index contributed by atoms with van der Waals surface area (Å²) in [4.78, 5) is 2.12. The van der Waals surface area contributed by atoms with Gasteiger partial charge in [0.2, 0.25) is 0 Å². The second-order valence-corrected chi connectivity index (χ2v) is 5.06. The smallest absolute Gasteiger partial charge is 0.148 e. The second kappa shape index (κ2) is 4.57. The molecule has 3 rings (SSSR count). The highest BCUT2D eigenvalue weighted by Gasteiger charge is 2.20. The zero-order valence-electron chi connectivity index (χ0n) is 11.0. The van der Waals surface area contributed by atoms with Crippen LogP contribution in [0.15, 0.2) is 36.4 Å². The van der Waals surface area contributed by atoms with Crippen LogP contribution in [0, 0.1) is 12.7 Å². The maximum absolute atomic E-state index is 13.6. The van der Waals surface area contributed by atoms with Gasteiger partial charge in [0.15, 0.2) is 0 Å². The third-order valence-corrected chi connectivity index (χ3v) is 3.67. The first-order valence-corrected chi connectivity index (χ1v) is 6.58. The van der Waals surface area contributed by atoms with E-state index in [4.69, 9.17) is 5.73 Å². The van der Waals surface area contributed by atoms with Gasteiger partial charge in [0.25, 0.3) is 0 Å². The maximum atomic E-state index is 13.6. The van der Waals surface area contributed by atoms with Gasteiger partial charge >= 0.3 is 0 Å². The van der Waals surface area contributed by atoms with Gasteiger partial charge in [-0.15, -0.1) is 0 Å². The van der Waals surface area contributed by atoms with Gasteiger partial charge in [-0.1, -0.05) is 23.8 Å². The Kier molecular flexibility index (Phi) is 2.90. The molecule has 0 bridgehead atoms. The normalized spacial score (nSPS) is 14.3. The highest BCUT2D eigenvalue weighted by molar-refractivity contribution is 5.77. The number of aryl methyl sites for hydroxylation is 2. The average molecular weight is 256 g/mol. The maximum Gasteiger partial charge on any atom is 0.148 e. The van der Waals surface area contributed by atoms with E-state index in [1.165, 1.54) is 17.2 Å². The molecule has 2 N–H and O–H groups in total. The molecule has 0 atom stereocenters. The van der Waals surface area contributed by atoms with Crippen molar-refractivity contribution in [3.8, 4) is 0 Å². The van der Waals surface area contributed by atoms with E-state index in [1.807, 2.05) is 6.07 Å². The van der Waals surface area contributed by atoms with Crippen molar-refractivity contribution in [1.29, 1.82) is 0 Å². The molecule has 0 spiro atoms. The van der Waals surface area contributed by atoms with Crippen LogP contribution in [-0.4, -0.2) is 6.54 Å². The fourth-order valence-electron chi connectivity index (χ4n) is 2.74. The van der Waals surface area contributed by atoms with E-state index in [0.717, 1.165) is 30.8 Å². The Bertz CT molecular complexity index is 622. The molecule has 2 nitrogen and oxygen atoms in total. The first-order chi connectivity index (χ1) is 9.16. The van der Waals surface area contributed by atoms with Crippen molar-refractivity contribution in [1.82, 2.24) is 0 Å². The number of nitrogen functional groups attached to an aromatic ring is 1. The molecule has 0 amide bonds. The molecule has 2 aromatic rings. The van der Waals surface area contributed by atoms with E-state index in [0.29, 0.717) is 0 Å². The van der Waals surface area contributed by atoms with Gasteiger partial charge in [0.1, 0.15) is 5.82 Å². The summed E-state index contributed by atoms with van der Waals surface area (Å²) >= 11 is 0. The molecule has 1 heterocycles. The number of nitrogens with two attached hydrogens (primary N) is 1. The summed E-state index contributed by atoms with van der Waals surface area (Å²) in [6.45, 7) is 2.97. The lowest BCUT2D eigenvalue weighted by atomic mass is 9.99. The summed E-state index contributed by atoms with van der Waals surface area (Å²) in [6.07, 6.45) is 2.13. The minimum Gasteiger partial charge on any atom is -0.395 e. The van der Waals surface area contributed by atoms with E-state index in [9.17, 15) is 4.39 Å².